The Balaban J connectivity index is 1.22. The van der Waals surface area contributed by atoms with E-state index in [4.69, 9.17) is 4.74 Å². The molecule has 0 unspecified atom stereocenters. The Morgan fingerprint density at radius 1 is 0.894 bits per heavy atom. The minimum absolute atomic E-state index is 0.108. The molecule has 0 bridgehead atoms. The average molecular weight is 645 g/mol. The number of ether oxygens (including phenoxy) is 2. The normalized spacial score (nSPS) is 18.0. The van der Waals surface area contributed by atoms with Crippen molar-refractivity contribution in [1.82, 2.24) is 40.4 Å². The zero-order chi connectivity index (χ0) is 33.5. The standard InChI is InChI=1S/C33H40N8O6/c1-20(2)28(39-33(45)47-4)31(43)41-16-6-8-26(41)30-35-18-24(38-30)22-12-9-21(10-13-22)11-14-23-17-34-29(37-23)25-7-5-15-40(25)27(42)19-36-32(44)46-3/h9-10,12-13,17-18,20,25-26,28H,5-8,15-16,19H2,1-4H3,(H,34,37)(H,35,38)(H,36,44)(H,39,45)/t25-,26-,28-/m0/s1. The van der Waals surface area contributed by atoms with Gasteiger partial charge in [-0.1, -0.05) is 31.9 Å². The number of carbonyl (C=O) groups is 4. The van der Waals surface area contributed by atoms with Crippen LogP contribution >= 0.6 is 0 Å². The van der Waals surface area contributed by atoms with Gasteiger partial charge in [-0.3, -0.25) is 9.59 Å². The van der Waals surface area contributed by atoms with E-state index in [2.05, 4.69) is 47.1 Å². The van der Waals surface area contributed by atoms with E-state index < -0.39 is 18.2 Å². The number of methoxy groups -OCH3 is 2. The maximum absolute atomic E-state index is 13.4. The zero-order valence-electron chi connectivity index (χ0n) is 27.0. The molecule has 2 aromatic heterocycles. The van der Waals surface area contributed by atoms with Gasteiger partial charge in [0.25, 0.3) is 0 Å². The number of aromatic nitrogens is 4. The van der Waals surface area contributed by atoms with Gasteiger partial charge in [-0.25, -0.2) is 19.6 Å². The molecule has 0 saturated carbocycles. The van der Waals surface area contributed by atoms with Gasteiger partial charge in [-0.2, -0.15) is 0 Å². The third-order valence-corrected chi connectivity index (χ3v) is 8.43. The summed E-state index contributed by atoms with van der Waals surface area (Å²) in [6, 6.07) is 6.63. The van der Waals surface area contributed by atoms with Gasteiger partial charge in [0.15, 0.2) is 0 Å². The molecule has 1 aromatic carbocycles. The highest BCUT2D eigenvalue weighted by Gasteiger charge is 2.37. The van der Waals surface area contributed by atoms with Crippen LogP contribution in [-0.2, 0) is 19.1 Å². The molecule has 4 amide bonds. The van der Waals surface area contributed by atoms with Gasteiger partial charge in [-0.15, -0.1) is 0 Å². The molecule has 2 aliphatic rings. The van der Waals surface area contributed by atoms with Crippen LogP contribution in [0.15, 0.2) is 36.7 Å². The first kappa shape index (κ1) is 33.1. The van der Waals surface area contributed by atoms with Crippen molar-refractivity contribution >= 4 is 24.0 Å². The van der Waals surface area contributed by atoms with Crippen molar-refractivity contribution < 1.29 is 28.7 Å². The van der Waals surface area contributed by atoms with Crippen molar-refractivity contribution in [1.29, 1.82) is 0 Å². The van der Waals surface area contributed by atoms with E-state index in [1.165, 1.54) is 14.2 Å². The second-order valence-corrected chi connectivity index (χ2v) is 11.8. The number of hydrogen-bond acceptors (Lipinski definition) is 8. The Morgan fingerprint density at radius 2 is 1.53 bits per heavy atom. The smallest absolute Gasteiger partial charge is 0.407 e. The third-order valence-electron chi connectivity index (χ3n) is 8.43. The maximum atomic E-state index is 13.4. The van der Waals surface area contributed by atoms with Gasteiger partial charge >= 0.3 is 12.2 Å². The Hall–Kier alpha value is -5.32. The van der Waals surface area contributed by atoms with E-state index >= 15 is 0 Å². The lowest BCUT2D eigenvalue weighted by molar-refractivity contribution is -0.135. The number of alkyl carbamates (subject to hydrolysis) is 2. The Morgan fingerprint density at radius 3 is 2.21 bits per heavy atom. The van der Waals surface area contributed by atoms with Gasteiger partial charge < -0.3 is 39.9 Å². The summed E-state index contributed by atoms with van der Waals surface area (Å²) in [5.41, 5.74) is 3.18. The van der Waals surface area contributed by atoms with Crippen molar-refractivity contribution in [3.8, 4) is 23.1 Å². The molecule has 0 radical (unpaired) electrons. The molecule has 3 aromatic rings. The monoisotopic (exact) mass is 644 g/mol. The zero-order valence-corrected chi connectivity index (χ0v) is 27.0. The van der Waals surface area contributed by atoms with E-state index in [9.17, 15) is 19.2 Å². The van der Waals surface area contributed by atoms with Crippen LogP contribution in [0.25, 0.3) is 11.3 Å². The highest BCUT2D eigenvalue weighted by Crippen LogP contribution is 2.33. The number of hydrogen-bond donors (Lipinski definition) is 4. The van der Waals surface area contributed by atoms with Gasteiger partial charge in [0, 0.05) is 18.7 Å². The summed E-state index contributed by atoms with van der Waals surface area (Å²) in [7, 11) is 2.53. The molecule has 14 nitrogen and oxygen atoms in total. The van der Waals surface area contributed by atoms with E-state index in [1.807, 2.05) is 38.1 Å². The summed E-state index contributed by atoms with van der Waals surface area (Å²) in [5.74, 6) is 7.16. The predicted octanol–water partition coefficient (Wildman–Crippen LogP) is 3.26. The van der Waals surface area contributed by atoms with Gasteiger partial charge in [-0.05, 0) is 55.2 Å². The van der Waals surface area contributed by atoms with Crippen LogP contribution in [0, 0.1) is 17.8 Å². The van der Waals surface area contributed by atoms with Crippen LogP contribution in [-0.4, -0.2) is 93.6 Å². The molecule has 2 saturated heterocycles. The summed E-state index contributed by atoms with van der Waals surface area (Å²) < 4.78 is 9.26. The molecule has 3 atom stereocenters. The van der Waals surface area contributed by atoms with Crippen LogP contribution in [0.3, 0.4) is 0 Å². The van der Waals surface area contributed by atoms with Crippen LogP contribution in [0.1, 0.15) is 74.5 Å². The summed E-state index contributed by atoms with van der Waals surface area (Å²) >= 11 is 0. The number of benzene rings is 1. The first-order chi connectivity index (χ1) is 22.7. The molecule has 4 heterocycles. The van der Waals surface area contributed by atoms with E-state index in [0.717, 1.165) is 42.5 Å². The van der Waals surface area contributed by atoms with Crippen molar-refractivity contribution in [2.24, 2.45) is 5.92 Å². The molecule has 2 aliphatic heterocycles. The van der Waals surface area contributed by atoms with Gasteiger partial charge in [0.2, 0.25) is 11.8 Å². The lowest BCUT2D eigenvalue weighted by Gasteiger charge is -2.30. The molecule has 248 valence electrons. The SMILES string of the molecule is COC(=O)NCC(=O)N1CCC[C@H]1c1ncc(C#Cc2ccc(-c3cnc([C@@H]4CCCN4C(=O)[C@@H](NC(=O)OC)C(C)C)[nH]3)cc2)[nH]1. The third kappa shape index (κ3) is 7.74. The molecule has 47 heavy (non-hydrogen) atoms. The number of nitrogens with zero attached hydrogens (tertiary/aromatic N) is 4. The second kappa shape index (κ2) is 14.8. The molecular formula is C33H40N8O6. The molecule has 0 aliphatic carbocycles. The fourth-order valence-electron chi connectivity index (χ4n) is 5.96. The van der Waals surface area contributed by atoms with E-state index in [-0.39, 0.29) is 36.4 Å². The molecule has 5 rings (SSSR count). The molecule has 14 heteroatoms. The summed E-state index contributed by atoms with van der Waals surface area (Å²) in [6.45, 7) is 4.81. The van der Waals surface area contributed by atoms with Crippen LogP contribution in [0.5, 0.6) is 0 Å². The highest BCUT2D eigenvalue weighted by atomic mass is 16.5. The van der Waals surface area contributed by atoms with Crippen LogP contribution < -0.4 is 10.6 Å². The number of likely N-dealkylation sites (tertiary alicyclic amines) is 2. The van der Waals surface area contributed by atoms with Crippen LogP contribution in [0.4, 0.5) is 9.59 Å². The molecule has 2 fully saturated rings. The summed E-state index contributed by atoms with van der Waals surface area (Å²) in [6.07, 6.45) is 5.35. The Bertz CT molecular complexity index is 1650. The summed E-state index contributed by atoms with van der Waals surface area (Å²) in [5, 5.41) is 5.10. The van der Waals surface area contributed by atoms with E-state index in [0.29, 0.717) is 30.4 Å². The first-order valence-electron chi connectivity index (χ1n) is 15.7. The number of rotatable bonds is 8. The van der Waals surface area contributed by atoms with Gasteiger partial charge in [0.1, 0.15) is 29.9 Å². The average Bonchev–Trinajstić information content (AvgIpc) is 3.90. The van der Waals surface area contributed by atoms with Crippen molar-refractivity contribution in [3.05, 3.63) is 59.6 Å². The lowest BCUT2D eigenvalue weighted by atomic mass is 10.0. The summed E-state index contributed by atoms with van der Waals surface area (Å²) in [4.78, 5) is 68.5. The minimum atomic E-state index is -0.692. The quantitative estimate of drug-likeness (QED) is 0.270. The number of amides is 4. The number of aromatic amines is 2. The van der Waals surface area contributed by atoms with Crippen molar-refractivity contribution in [3.63, 3.8) is 0 Å². The number of H-pyrrole nitrogens is 2. The highest BCUT2D eigenvalue weighted by molar-refractivity contribution is 5.86. The van der Waals surface area contributed by atoms with E-state index in [1.54, 1.807) is 22.2 Å². The fraction of sp³-hybridized carbons (Fsp3) is 0.455. The van der Waals surface area contributed by atoms with Crippen LogP contribution in [0.2, 0.25) is 0 Å². The van der Waals surface area contributed by atoms with Crippen molar-refractivity contribution in [2.75, 3.05) is 33.9 Å². The maximum Gasteiger partial charge on any atom is 0.407 e. The van der Waals surface area contributed by atoms with Gasteiger partial charge in [0.05, 0.1) is 44.4 Å². The number of carbonyl (C=O) groups excluding carboxylic acids is 4. The Labute approximate surface area is 273 Å². The number of nitrogens with one attached hydrogen (secondary N) is 4. The fourth-order valence-corrected chi connectivity index (χ4v) is 5.96. The molecular weight excluding hydrogens is 604 g/mol. The first-order valence-corrected chi connectivity index (χ1v) is 15.7. The predicted molar refractivity (Wildman–Crippen MR) is 171 cm³/mol. The molecule has 4 N–H and O–H groups in total. The largest absolute Gasteiger partial charge is 0.453 e. The number of imidazole rings is 2. The lowest BCUT2D eigenvalue weighted by Crippen LogP contribution is -2.51. The van der Waals surface area contributed by atoms with Crippen molar-refractivity contribution in [2.45, 2.75) is 57.7 Å². The topological polar surface area (TPSA) is 175 Å². The molecule has 0 spiro atoms. The minimum Gasteiger partial charge on any atom is -0.453 e. The second-order valence-electron chi connectivity index (χ2n) is 11.8. The Kier molecular flexibility index (Phi) is 10.4.